The van der Waals surface area contributed by atoms with Crippen LogP contribution in [0.2, 0.25) is 0 Å². The van der Waals surface area contributed by atoms with Gasteiger partial charge in [0.1, 0.15) is 8.64 Å². The third kappa shape index (κ3) is 8.20. The molecule has 0 saturated heterocycles. The summed E-state index contributed by atoms with van der Waals surface area (Å²) in [6.45, 7) is 1.93. The van der Waals surface area contributed by atoms with E-state index in [1.165, 1.54) is 25.7 Å². The smallest absolute Gasteiger partial charge is 0.130 e. The van der Waals surface area contributed by atoms with Crippen molar-refractivity contribution in [2.45, 2.75) is 25.7 Å². The number of hydrogen-bond acceptors (Lipinski definition) is 3. The molecule has 1 aliphatic rings. The molecule has 0 aromatic rings. The highest BCUT2D eigenvalue weighted by molar-refractivity contribution is 8.11. The van der Waals surface area contributed by atoms with Crippen molar-refractivity contribution in [1.29, 1.82) is 0 Å². The van der Waals surface area contributed by atoms with E-state index < -0.39 is 0 Å². The van der Waals surface area contributed by atoms with Gasteiger partial charge in [-0.25, -0.2) is 0 Å². The minimum atomic E-state index is 0. The molecule has 1 saturated carbocycles. The van der Waals surface area contributed by atoms with Crippen molar-refractivity contribution in [3.05, 3.63) is 0 Å². The van der Waals surface area contributed by atoms with Gasteiger partial charge in [0, 0.05) is 13.1 Å². The third-order valence-electron chi connectivity index (χ3n) is 3.05. The van der Waals surface area contributed by atoms with Crippen LogP contribution in [0.4, 0.5) is 0 Å². The van der Waals surface area contributed by atoms with Crippen molar-refractivity contribution in [2.75, 3.05) is 13.1 Å². The van der Waals surface area contributed by atoms with Gasteiger partial charge in [-0.2, -0.15) is 0 Å². The molecule has 0 bridgehead atoms. The average molecular weight is 312 g/mol. The number of rotatable bonds is 4. The van der Waals surface area contributed by atoms with Crippen LogP contribution in [-0.2, 0) is 0 Å². The normalized spacial score (nSPS) is 23.4. The van der Waals surface area contributed by atoms with Crippen LogP contribution in [0.3, 0.4) is 0 Å². The predicted molar refractivity (Wildman–Crippen MR) is 89.6 cm³/mol. The first-order valence-electron chi connectivity index (χ1n) is 5.51. The Bertz CT molecular complexity index is 226. The van der Waals surface area contributed by atoms with E-state index in [-0.39, 0.29) is 6.15 Å². The SMILES string of the molecule is N.S=C(S)NCC1CCC(CNC(=S)S)CC1. The molecule has 3 nitrogen and oxygen atoms in total. The van der Waals surface area contributed by atoms with Crippen molar-refractivity contribution >= 4 is 58.3 Å². The van der Waals surface area contributed by atoms with Gasteiger partial charge in [-0.15, -0.1) is 25.3 Å². The second kappa shape index (κ2) is 9.38. The maximum Gasteiger partial charge on any atom is 0.130 e. The Kier molecular flexibility index (Phi) is 9.62. The Labute approximate surface area is 125 Å². The molecule has 0 spiro atoms. The third-order valence-corrected chi connectivity index (χ3v) is 3.66. The fourth-order valence-corrected chi connectivity index (χ4v) is 2.45. The summed E-state index contributed by atoms with van der Waals surface area (Å²) in [4.78, 5) is 0. The second-order valence-corrected chi connectivity index (χ2v) is 6.57. The molecular weight excluding hydrogens is 290 g/mol. The standard InChI is InChI=1S/C10H18N2S4.H3N/c13-9(14)11-5-7-1-2-8(4-3-7)6-12-10(15)16;/h7-8H,1-6H2,(H2,11,13,14)(H2,12,15,16);1H3. The molecule has 0 amide bonds. The zero-order chi connectivity index (χ0) is 12.0. The minimum Gasteiger partial charge on any atom is -0.371 e. The maximum atomic E-state index is 4.88. The Morgan fingerprint density at radius 3 is 1.41 bits per heavy atom. The molecule has 0 heterocycles. The Balaban J connectivity index is 0.00000256. The summed E-state index contributed by atoms with van der Waals surface area (Å²) in [5, 5.41) is 6.25. The zero-order valence-electron chi connectivity index (χ0n) is 9.82. The van der Waals surface area contributed by atoms with Crippen LogP contribution in [0.15, 0.2) is 0 Å². The van der Waals surface area contributed by atoms with E-state index >= 15 is 0 Å². The van der Waals surface area contributed by atoms with Crippen LogP contribution < -0.4 is 16.8 Å². The lowest BCUT2D eigenvalue weighted by Crippen LogP contribution is -2.31. The highest BCUT2D eigenvalue weighted by atomic mass is 32.1. The average Bonchev–Trinajstić information content (AvgIpc) is 2.25. The van der Waals surface area contributed by atoms with Crippen LogP contribution in [0.5, 0.6) is 0 Å². The van der Waals surface area contributed by atoms with Crippen molar-refractivity contribution in [2.24, 2.45) is 11.8 Å². The number of nitrogens with one attached hydrogen (secondary N) is 2. The molecule has 0 aromatic carbocycles. The van der Waals surface area contributed by atoms with E-state index in [1.807, 2.05) is 0 Å². The summed E-state index contributed by atoms with van der Waals surface area (Å²) >= 11 is 17.9. The van der Waals surface area contributed by atoms with Gasteiger partial charge in [-0.3, -0.25) is 0 Å². The van der Waals surface area contributed by atoms with Crippen molar-refractivity contribution in [1.82, 2.24) is 16.8 Å². The highest BCUT2D eigenvalue weighted by Gasteiger charge is 2.20. The molecule has 100 valence electrons. The molecule has 7 heteroatoms. The summed E-state index contributed by atoms with van der Waals surface area (Å²) in [6.07, 6.45) is 5.04. The fraction of sp³-hybridized carbons (Fsp3) is 0.800. The van der Waals surface area contributed by atoms with E-state index in [0.717, 1.165) is 24.9 Å². The first kappa shape index (κ1) is 17.4. The summed E-state index contributed by atoms with van der Waals surface area (Å²) in [7, 11) is 0. The van der Waals surface area contributed by atoms with Gasteiger partial charge in [0.15, 0.2) is 0 Å². The Hall–Kier alpha value is 0.440. The maximum absolute atomic E-state index is 4.88. The van der Waals surface area contributed by atoms with Crippen LogP contribution in [0, 0.1) is 11.8 Å². The summed E-state index contributed by atoms with van der Waals surface area (Å²) in [6, 6.07) is 0. The first-order chi connectivity index (χ1) is 7.58. The lowest BCUT2D eigenvalue weighted by Gasteiger charge is -2.28. The van der Waals surface area contributed by atoms with Crippen LogP contribution in [0.25, 0.3) is 0 Å². The highest BCUT2D eigenvalue weighted by Crippen LogP contribution is 2.27. The lowest BCUT2D eigenvalue weighted by atomic mass is 9.82. The summed E-state index contributed by atoms with van der Waals surface area (Å²) in [5.74, 6) is 1.48. The molecule has 0 unspecified atom stereocenters. The van der Waals surface area contributed by atoms with Gasteiger partial charge in [0.2, 0.25) is 0 Å². The Morgan fingerprint density at radius 1 is 0.882 bits per heavy atom. The molecule has 0 aliphatic heterocycles. The molecule has 1 aliphatic carbocycles. The first-order valence-corrected chi connectivity index (χ1v) is 7.22. The van der Waals surface area contributed by atoms with Gasteiger partial charge < -0.3 is 16.8 Å². The molecule has 1 fully saturated rings. The summed E-state index contributed by atoms with van der Waals surface area (Å²) in [5.41, 5.74) is 0. The van der Waals surface area contributed by atoms with Crippen molar-refractivity contribution in [3.63, 3.8) is 0 Å². The second-order valence-electron chi connectivity index (χ2n) is 4.26. The number of hydrogen-bond donors (Lipinski definition) is 5. The molecule has 0 radical (unpaired) electrons. The van der Waals surface area contributed by atoms with Gasteiger partial charge in [0.25, 0.3) is 0 Å². The van der Waals surface area contributed by atoms with E-state index in [4.69, 9.17) is 24.4 Å². The summed E-state index contributed by atoms with van der Waals surface area (Å²) < 4.78 is 1.20. The van der Waals surface area contributed by atoms with Crippen LogP contribution >= 0.6 is 49.7 Å². The number of thiocarbonyl (C=S) groups is 2. The van der Waals surface area contributed by atoms with Crippen LogP contribution in [-0.4, -0.2) is 21.7 Å². The van der Waals surface area contributed by atoms with E-state index in [0.29, 0.717) is 8.64 Å². The molecule has 0 aromatic heterocycles. The lowest BCUT2D eigenvalue weighted by molar-refractivity contribution is 0.275. The largest absolute Gasteiger partial charge is 0.371 e. The quantitative estimate of drug-likeness (QED) is 0.408. The molecule has 17 heavy (non-hydrogen) atoms. The molecular formula is C10H21N3S4. The van der Waals surface area contributed by atoms with Gasteiger partial charge in [-0.1, -0.05) is 24.4 Å². The number of thiol groups is 2. The molecule has 1 rings (SSSR count). The van der Waals surface area contributed by atoms with Crippen molar-refractivity contribution < 1.29 is 0 Å². The Morgan fingerprint density at radius 2 is 1.18 bits per heavy atom. The minimum absolute atomic E-state index is 0. The predicted octanol–water partition coefficient (Wildman–Crippen LogP) is 2.56. The monoisotopic (exact) mass is 311 g/mol. The van der Waals surface area contributed by atoms with Gasteiger partial charge >= 0.3 is 0 Å². The van der Waals surface area contributed by atoms with E-state index in [9.17, 15) is 0 Å². The van der Waals surface area contributed by atoms with E-state index in [1.54, 1.807) is 0 Å². The van der Waals surface area contributed by atoms with Crippen LogP contribution in [0.1, 0.15) is 25.7 Å². The molecule has 0 atom stereocenters. The fourth-order valence-electron chi connectivity index (χ4n) is 2.10. The van der Waals surface area contributed by atoms with Gasteiger partial charge in [0.05, 0.1) is 0 Å². The molecule has 5 N–H and O–H groups in total. The van der Waals surface area contributed by atoms with Gasteiger partial charge in [-0.05, 0) is 37.5 Å². The van der Waals surface area contributed by atoms with E-state index in [2.05, 4.69) is 35.9 Å². The topological polar surface area (TPSA) is 59.1 Å². The zero-order valence-corrected chi connectivity index (χ0v) is 13.2. The van der Waals surface area contributed by atoms with Crippen molar-refractivity contribution in [3.8, 4) is 0 Å².